The molecule has 0 saturated heterocycles. The van der Waals surface area contributed by atoms with Gasteiger partial charge in [0.15, 0.2) is 5.79 Å². The minimum absolute atomic E-state index is 0.0503. The second-order valence-corrected chi connectivity index (χ2v) is 4.75. The number of halogens is 1. The maximum Gasteiger partial charge on any atom is 0.313 e. The van der Waals surface area contributed by atoms with Crippen molar-refractivity contribution in [1.82, 2.24) is 0 Å². The number of ether oxygens (including phenoxy) is 1. The molecule has 1 aliphatic heterocycles. The highest BCUT2D eigenvalue weighted by Crippen LogP contribution is 2.33. The fraction of sp³-hybridized carbons (Fsp3) is 0.417. The number of carboxylic acid groups (broad SMARTS) is 1. The Bertz CT molecular complexity index is 519. The van der Waals surface area contributed by atoms with Gasteiger partial charge in [-0.2, -0.15) is 0 Å². The fourth-order valence-electron chi connectivity index (χ4n) is 2.14. The van der Waals surface area contributed by atoms with Crippen molar-refractivity contribution >= 4 is 18.9 Å². The first-order valence-electron chi connectivity index (χ1n) is 5.89. The summed E-state index contributed by atoms with van der Waals surface area (Å²) in [7, 11) is -0.0503. The predicted octanol–water partition coefficient (Wildman–Crippen LogP) is 0.240. The molecule has 1 aromatic rings. The highest BCUT2D eigenvalue weighted by molar-refractivity contribution is 6.49. The number of hydrogen-bond acceptors (Lipinski definition) is 4. The Hall–Kier alpha value is -1.60. The fourth-order valence-corrected chi connectivity index (χ4v) is 2.14. The van der Waals surface area contributed by atoms with Gasteiger partial charge < -0.3 is 19.6 Å². The Balaban J connectivity index is 2.39. The van der Waals surface area contributed by atoms with Gasteiger partial charge in [-0.3, -0.25) is 4.79 Å². The summed E-state index contributed by atoms with van der Waals surface area (Å²) in [4.78, 5) is 10.7. The van der Waals surface area contributed by atoms with Crippen molar-refractivity contribution in [2.75, 3.05) is 0 Å². The Morgan fingerprint density at radius 3 is 2.84 bits per heavy atom. The zero-order valence-electron chi connectivity index (χ0n) is 10.6. The first kappa shape index (κ1) is 13.8. The molecule has 0 amide bonds. The number of benzene rings is 1. The molecule has 102 valence electrons. The van der Waals surface area contributed by atoms with E-state index in [2.05, 4.69) is 0 Å². The molecule has 0 aliphatic carbocycles. The summed E-state index contributed by atoms with van der Waals surface area (Å²) in [5.41, 5.74) is 0.283. The molecule has 1 aliphatic rings. The van der Waals surface area contributed by atoms with Gasteiger partial charge in [-0.05, 0) is 25.4 Å². The minimum Gasteiger partial charge on any atom is -0.491 e. The van der Waals surface area contributed by atoms with Crippen molar-refractivity contribution in [3.05, 3.63) is 23.5 Å². The lowest BCUT2D eigenvalue weighted by Crippen LogP contribution is -2.30. The average molecular weight is 268 g/mol. The summed E-state index contributed by atoms with van der Waals surface area (Å²) >= 11 is 0. The number of aliphatic hydroxyl groups is 1. The molecular weight excluding hydrogens is 254 g/mol. The van der Waals surface area contributed by atoms with Crippen molar-refractivity contribution in [1.29, 1.82) is 0 Å². The van der Waals surface area contributed by atoms with Gasteiger partial charge in [0.05, 0.1) is 6.10 Å². The zero-order valence-corrected chi connectivity index (χ0v) is 10.6. The third kappa shape index (κ3) is 2.72. The van der Waals surface area contributed by atoms with Crippen LogP contribution in [0.3, 0.4) is 0 Å². The molecule has 2 N–H and O–H groups in total. The lowest BCUT2D eigenvalue weighted by atomic mass is 9.85. The van der Waals surface area contributed by atoms with Gasteiger partial charge in [-0.15, -0.1) is 0 Å². The van der Waals surface area contributed by atoms with E-state index in [1.165, 1.54) is 0 Å². The van der Waals surface area contributed by atoms with Gasteiger partial charge in [-0.25, -0.2) is 4.39 Å². The zero-order chi connectivity index (χ0) is 14.2. The third-order valence-electron chi connectivity index (χ3n) is 2.77. The van der Waals surface area contributed by atoms with Crippen LogP contribution in [0.1, 0.15) is 25.8 Å². The predicted molar refractivity (Wildman–Crippen MR) is 66.2 cm³/mol. The maximum atomic E-state index is 14.0. The number of carboxylic acids is 1. The summed E-state index contributed by atoms with van der Waals surface area (Å²) < 4.78 is 24.5. The van der Waals surface area contributed by atoms with E-state index >= 15 is 0 Å². The van der Waals surface area contributed by atoms with E-state index in [0.29, 0.717) is 11.2 Å². The monoisotopic (exact) mass is 268 g/mol. The van der Waals surface area contributed by atoms with Crippen molar-refractivity contribution in [3.63, 3.8) is 0 Å². The van der Waals surface area contributed by atoms with E-state index in [-0.39, 0.29) is 19.1 Å². The maximum absolute atomic E-state index is 14.0. The van der Waals surface area contributed by atoms with E-state index < -0.39 is 24.0 Å². The molecule has 0 saturated carbocycles. The highest BCUT2D eigenvalue weighted by atomic mass is 19.1. The summed E-state index contributed by atoms with van der Waals surface area (Å²) in [6, 6.07) is 2.68. The van der Waals surface area contributed by atoms with Crippen LogP contribution in [0.5, 0.6) is 5.75 Å². The Labute approximate surface area is 110 Å². The summed E-state index contributed by atoms with van der Waals surface area (Å²) in [5, 5.41) is 18.8. The van der Waals surface area contributed by atoms with Gasteiger partial charge in [0, 0.05) is 11.6 Å². The lowest BCUT2D eigenvalue weighted by Gasteiger charge is -2.22. The Morgan fingerprint density at radius 2 is 2.26 bits per heavy atom. The molecule has 1 atom stereocenters. The van der Waals surface area contributed by atoms with Crippen LogP contribution in [0.2, 0.25) is 0 Å². The van der Waals surface area contributed by atoms with E-state index in [1.807, 2.05) is 13.8 Å². The van der Waals surface area contributed by atoms with Crippen LogP contribution in [0, 0.1) is 5.82 Å². The molecule has 0 bridgehead atoms. The van der Waals surface area contributed by atoms with Crippen LogP contribution in [0.4, 0.5) is 4.39 Å². The van der Waals surface area contributed by atoms with Gasteiger partial charge in [0.25, 0.3) is 0 Å². The topological polar surface area (TPSA) is 76.0 Å². The second-order valence-electron chi connectivity index (χ2n) is 4.75. The molecule has 0 radical (unpaired) electrons. The quantitative estimate of drug-likeness (QED) is 0.765. The van der Waals surface area contributed by atoms with E-state index in [0.717, 1.165) is 6.07 Å². The molecule has 0 spiro atoms. The average Bonchev–Trinajstić information content (AvgIpc) is 2.53. The van der Waals surface area contributed by atoms with Crippen LogP contribution in [0.25, 0.3) is 0 Å². The third-order valence-corrected chi connectivity index (χ3v) is 2.77. The SMILES string of the molecule is CC(C)Oc1cc(F)c2c(c1)BOC2(O)CC(=O)O. The van der Waals surface area contributed by atoms with Crippen molar-refractivity contribution in [3.8, 4) is 5.75 Å². The number of rotatable bonds is 4. The van der Waals surface area contributed by atoms with Gasteiger partial charge in [0.2, 0.25) is 0 Å². The Kier molecular flexibility index (Phi) is 3.51. The minimum atomic E-state index is -2.11. The molecule has 2 rings (SSSR count). The first-order valence-corrected chi connectivity index (χ1v) is 5.89. The summed E-state index contributed by atoms with van der Waals surface area (Å²) in [6.07, 6.45) is -0.820. The van der Waals surface area contributed by atoms with Crippen LogP contribution in [-0.4, -0.2) is 29.8 Å². The Morgan fingerprint density at radius 1 is 1.58 bits per heavy atom. The van der Waals surface area contributed by atoms with E-state index in [1.54, 1.807) is 6.07 Å². The summed E-state index contributed by atoms with van der Waals surface area (Å²) in [6.45, 7) is 3.62. The molecule has 1 unspecified atom stereocenters. The molecule has 0 fully saturated rings. The lowest BCUT2D eigenvalue weighted by molar-refractivity contribution is -0.170. The molecule has 19 heavy (non-hydrogen) atoms. The standard InChI is InChI=1S/C12H14BFO5/c1-6(2)18-7-3-8-11(9(14)4-7)12(17,19-13-8)5-10(15)16/h3-4,6,13,17H,5H2,1-2H3,(H,15,16). The van der Waals surface area contributed by atoms with Crippen LogP contribution in [0.15, 0.2) is 12.1 Å². The van der Waals surface area contributed by atoms with E-state index in [4.69, 9.17) is 14.5 Å². The molecular formula is C12H14BFO5. The molecule has 7 heteroatoms. The van der Waals surface area contributed by atoms with Crippen molar-refractivity contribution in [2.24, 2.45) is 0 Å². The molecule has 1 heterocycles. The second kappa shape index (κ2) is 4.83. The van der Waals surface area contributed by atoms with Crippen LogP contribution < -0.4 is 10.2 Å². The number of hydrogen-bond donors (Lipinski definition) is 2. The van der Waals surface area contributed by atoms with Crippen LogP contribution >= 0.6 is 0 Å². The highest BCUT2D eigenvalue weighted by Gasteiger charge is 2.43. The first-order chi connectivity index (χ1) is 8.82. The molecule has 5 nitrogen and oxygen atoms in total. The number of fused-ring (bicyclic) bond motifs is 1. The van der Waals surface area contributed by atoms with Crippen molar-refractivity contribution in [2.45, 2.75) is 32.2 Å². The summed E-state index contributed by atoms with van der Waals surface area (Å²) in [5.74, 6) is -3.78. The molecule has 0 aromatic heterocycles. The van der Waals surface area contributed by atoms with Crippen LogP contribution in [-0.2, 0) is 15.2 Å². The van der Waals surface area contributed by atoms with Gasteiger partial charge >= 0.3 is 13.5 Å². The molecule has 1 aromatic carbocycles. The van der Waals surface area contributed by atoms with Gasteiger partial charge in [-0.1, -0.05) is 0 Å². The van der Waals surface area contributed by atoms with E-state index in [9.17, 15) is 14.3 Å². The van der Waals surface area contributed by atoms with Crippen molar-refractivity contribution < 1.29 is 28.8 Å². The van der Waals surface area contributed by atoms with Gasteiger partial charge in [0.1, 0.15) is 18.0 Å². The number of aliphatic carboxylic acids is 1. The number of carbonyl (C=O) groups is 1. The normalized spacial score (nSPS) is 21.1. The smallest absolute Gasteiger partial charge is 0.313 e. The largest absolute Gasteiger partial charge is 0.491 e.